The van der Waals surface area contributed by atoms with Gasteiger partial charge in [0.25, 0.3) is 0 Å². The monoisotopic (exact) mass is 179 g/mol. The normalized spacial score (nSPS) is 9.62. The molecule has 1 aromatic rings. The lowest BCUT2D eigenvalue weighted by Crippen LogP contribution is -2.13. The van der Waals surface area contributed by atoms with Gasteiger partial charge in [-0.05, 0) is 25.1 Å². The molecule has 1 rings (SSSR count). The van der Waals surface area contributed by atoms with Crippen molar-refractivity contribution < 1.29 is 4.79 Å². The number of carbonyl (C=O) groups is 1. The minimum absolute atomic E-state index is 0.00310. The Morgan fingerprint density at radius 1 is 1.46 bits per heavy atom. The molecule has 1 heterocycles. The maximum absolute atomic E-state index is 11.2. The van der Waals surface area contributed by atoms with Gasteiger partial charge in [-0.1, -0.05) is 0 Å². The van der Waals surface area contributed by atoms with Crippen LogP contribution in [0.2, 0.25) is 0 Å². The average molecular weight is 179 g/mol. The van der Waals surface area contributed by atoms with E-state index in [1.54, 1.807) is 24.5 Å². The Hall–Kier alpha value is -1.42. The van der Waals surface area contributed by atoms with Crippen LogP contribution in [-0.4, -0.2) is 17.4 Å². The summed E-state index contributed by atoms with van der Waals surface area (Å²) in [6.07, 6.45) is 4.47. The Morgan fingerprint density at radius 3 is 2.77 bits per heavy atom. The highest BCUT2D eigenvalue weighted by molar-refractivity contribution is 5.90. The summed E-state index contributed by atoms with van der Waals surface area (Å²) in [5.74, 6) is -0.00310. The van der Waals surface area contributed by atoms with Gasteiger partial charge in [-0.2, -0.15) is 0 Å². The molecule has 4 heteroatoms. The van der Waals surface area contributed by atoms with Gasteiger partial charge in [0.15, 0.2) is 0 Å². The maximum atomic E-state index is 11.2. The third kappa shape index (κ3) is 3.66. The van der Waals surface area contributed by atoms with E-state index in [4.69, 9.17) is 5.73 Å². The van der Waals surface area contributed by atoms with Crippen LogP contribution in [0, 0.1) is 0 Å². The van der Waals surface area contributed by atoms with Crippen molar-refractivity contribution >= 4 is 11.6 Å². The fourth-order valence-electron chi connectivity index (χ4n) is 0.921. The van der Waals surface area contributed by atoms with Crippen molar-refractivity contribution in [3.8, 4) is 0 Å². The van der Waals surface area contributed by atoms with E-state index < -0.39 is 0 Å². The van der Waals surface area contributed by atoms with Crippen LogP contribution in [0.3, 0.4) is 0 Å². The van der Waals surface area contributed by atoms with Crippen LogP contribution >= 0.6 is 0 Å². The molecule has 3 N–H and O–H groups in total. The molecule has 0 aromatic carbocycles. The van der Waals surface area contributed by atoms with Crippen molar-refractivity contribution in [2.75, 3.05) is 11.9 Å². The van der Waals surface area contributed by atoms with Crippen molar-refractivity contribution in [3.05, 3.63) is 24.5 Å². The van der Waals surface area contributed by atoms with Gasteiger partial charge in [0.05, 0.1) is 0 Å². The Morgan fingerprint density at radius 2 is 2.15 bits per heavy atom. The first-order chi connectivity index (χ1) is 6.33. The Kier molecular flexibility index (Phi) is 3.92. The summed E-state index contributed by atoms with van der Waals surface area (Å²) in [4.78, 5) is 15.0. The number of rotatable bonds is 4. The van der Waals surface area contributed by atoms with Crippen LogP contribution < -0.4 is 11.1 Å². The van der Waals surface area contributed by atoms with Gasteiger partial charge in [-0.25, -0.2) is 0 Å². The molecular weight excluding hydrogens is 166 g/mol. The summed E-state index contributed by atoms with van der Waals surface area (Å²) in [5, 5.41) is 2.74. The number of anilines is 1. The predicted molar refractivity (Wildman–Crippen MR) is 51.2 cm³/mol. The number of nitrogens with one attached hydrogen (secondary N) is 1. The molecule has 0 unspecified atom stereocenters. The highest BCUT2D eigenvalue weighted by Crippen LogP contribution is 2.03. The summed E-state index contributed by atoms with van der Waals surface area (Å²) in [5.41, 5.74) is 6.06. The van der Waals surface area contributed by atoms with E-state index in [0.717, 1.165) is 12.1 Å². The molecule has 0 bridgehead atoms. The largest absolute Gasteiger partial charge is 0.330 e. The zero-order valence-corrected chi connectivity index (χ0v) is 7.36. The Bertz CT molecular complexity index is 261. The molecule has 0 fully saturated rings. The summed E-state index contributed by atoms with van der Waals surface area (Å²) in [6, 6.07) is 3.50. The minimum Gasteiger partial charge on any atom is -0.330 e. The lowest BCUT2D eigenvalue weighted by molar-refractivity contribution is -0.116. The maximum Gasteiger partial charge on any atom is 0.224 e. The number of carbonyl (C=O) groups excluding carboxylic acids is 1. The zero-order chi connectivity index (χ0) is 9.52. The van der Waals surface area contributed by atoms with Gasteiger partial charge < -0.3 is 11.1 Å². The number of aromatic nitrogens is 1. The first-order valence-electron chi connectivity index (χ1n) is 4.23. The van der Waals surface area contributed by atoms with E-state index >= 15 is 0 Å². The third-order valence-corrected chi connectivity index (χ3v) is 1.57. The van der Waals surface area contributed by atoms with Crippen LogP contribution in [0.5, 0.6) is 0 Å². The molecule has 0 spiro atoms. The summed E-state index contributed by atoms with van der Waals surface area (Å²) in [6.45, 7) is 0.545. The number of nitrogens with zero attached hydrogens (tertiary/aromatic N) is 1. The average Bonchev–Trinajstić information content (AvgIpc) is 2.16. The second-order valence-electron chi connectivity index (χ2n) is 2.68. The molecule has 0 atom stereocenters. The minimum atomic E-state index is -0.00310. The molecule has 70 valence electrons. The molecule has 0 saturated carbocycles. The highest BCUT2D eigenvalue weighted by atomic mass is 16.1. The van der Waals surface area contributed by atoms with Gasteiger partial charge in [-0.15, -0.1) is 0 Å². The second-order valence-corrected chi connectivity index (χ2v) is 2.68. The first-order valence-corrected chi connectivity index (χ1v) is 4.23. The van der Waals surface area contributed by atoms with E-state index in [-0.39, 0.29) is 5.91 Å². The van der Waals surface area contributed by atoms with Gasteiger partial charge in [0.2, 0.25) is 5.91 Å². The summed E-state index contributed by atoms with van der Waals surface area (Å²) in [7, 11) is 0. The van der Waals surface area contributed by atoms with E-state index in [1.807, 2.05) is 0 Å². The lowest BCUT2D eigenvalue weighted by atomic mass is 10.3. The topological polar surface area (TPSA) is 68.0 Å². The molecule has 0 aliphatic heterocycles. The highest BCUT2D eigenvalue weighted by Gasteiger charge is 1.99. The second kappa shape index (κ2) is 5.27. The molecule has 13 heavy (non-hydrogen) atoms. The Balaban J connectivity index is 2.37. The van der Waals surface area contributed by atoms with E-state index in [9.17, 15) is 4.79 Å². The number of hydrogen-bond acceptors (Lipinski definition) is 3. The van der Waals surface area contributed by atoms with Gasteiger partial charge >= 0.3 is 0 Å². The first kappa shape index (κ1) is 9.67. The van der Waals surface area contributed by atoms with Crippen molar-refractivity contribution in [2.24, 2.45) is 5.73 Å². The molecule has 4 nitrogen and oxygen atoms in total. The van der Waals surface area contributed by atoms with Gasteiger partial charge in [0, 0.05) is 24.5 Å². The molecule has 0 radical (unpaired) electrons. The SMILES string of the molecule is NCCCC(=O)Nc1ccncc1. The van der Waals surface area contributed by atoms with Crippen LogP contribution in [0.25, 0.3) is 0 Å². The number of amides is 1. The fraction of sp³-hybridized carbons (Fsp3) is 0.333. The summed E-state index contributed by atoms with van der Waals surface area (Å²) < 4.78 is 0. The smallest absolute Gasteiger partial charge is 0.224 e. The number of pyridine rings is 1. The number of hydrogen-bond donors (Lipinski definition) is 2. The lowest BCUT2D eigenvalue weighted by Gasteiger charge is -2.02. The molecular formula is C9H13N3O. The standard InChI is InChI=1S/C9H13N3O/c10-5-1-2-9(13)12-8-3-6-11-7-4-8/h3-4,6-7H,1-2,5,10H2,(H,11,12,13). The third-order valence-electron chi connectivity index (χ3n) is 1.57. The quantitative estimate of drug-likeness (QED) is 0.717. The molecule has 0 aliphatic rings. The Labute approximate surface area is 77.2 Å². The van der Waals surface area contributed by atoms with Crippen molar-refractivity contribution in [2.45, 2.75) is 12.8 Å². The van der Waals surface area contributed by atoms with Crippen LogP contribution in [0.15, 0.2) is 24.5 Å². The van der Waals surface area contributed by atoms with E-state index in [2.05, 4.69) is 10.3 Å². The van der Waals surface area contributed by atoms with E-state index in [0.29, 0.717) is 13.0 Å². The van der Waals surface area contributed by atoms with Crippen molar-refractivity contribution in [1.29, 1.82) is 0 Å². The zero-order valence-electron chi connectivity index (χ0n) is 7.36. The fourth-order valence-corrected chi connectivity index (χ4v) is 0.921. The van der Waals surface area contributed by atoms with Gasteiger partial charge in [-0.3, -0.25) is 9.78 Å². The molecule has 1 aromatic heterocycles. The van der Waals surface area contributed by atoms with Crippen LogP contribution in [0.1, 0.15) is 12.8 Å². The van der Waals surface area contributed by atoms with Gasteiger partial charge in [0.1, 0.15) is 0 Å². The van der Waals surface area contributed by atoms with E-state index in [1.165, 1.54) is 0 Å². The molecule has 0 saturated heterocycles. The van der Waals surface area contributed by atoms with Crippen molar-refractivity contribution in [3.63, 3.8) is 0 Å². The molecule has 0 aliphatic carbocycles. The number of nitrogens with two attached hydrogens (primary N) is 1. The predicted octanol–water partition coefficient (Wildman–Crippen LogP) is 0.759. The van der Waals surface area contributed by atoms with Crippen molar-refractivity contribution in [1.82, 2.24) is 4.98 Å². The van der Waals surface area contributed by atoms with Crippen LogP contribution in [0.4, 0.5) is 5.69 Å². The summed E-state index contributed by atoms with van der Waals surface area (Å²) >= 11 is 0. The van der Waals surface area contributed by atoms with Crippen LogP contribution in [-0.2, 0) is 4.79 Å². The molecule has 1 amide bonds.